The predicted octanol–water partition coefficient (Wildman–Crippen LogP) is 3.04. The second kappa shape index (κ2) is 3.95. The Kier molecular flexibility index (Phi) is 2.64. The minimum absolute atomic E-state index is 0.562. The summed E-state index contributed by atoms with van der Waals surface area (Å²) in [5.74, 6) is 0. The maximum absolute atomic E-state index is 10.8. The molecule has 15 heavy (non-hydrogen) atoms. The zero-order chi connectivity index (χ0) is 10.8. The van der Waals surface area contributed by atoms with E-state index in [2.05, 4.69) is 9.97 Å². The van der Waals surface area contributed by atoms with Gasteiger partial charge in [0.25, 0.3) is 0 Å². The van der Waals surface area contributed by atoms with Gasteiger partial charge in [0.15, 0.2) is 6.29 Å². The molecule has 78 valence electrons. The molecule has 0 fully saturated rings. The fourth-order valence-corrected chi connectivity index (χ4v) is 2.04. The van der Waals surface area contributed by atoms with Gasteiger partial charge in [0, 0.05) is 6.20 Å². The average molecular weight is 223 g/mol. The van der Waals surface area contributed by atoms with E-state index in [-0.39, 0.29) is 0 Å². The molecule has 0 unspecified atom stereocenters. The summed E-state index contributed by atoms with van der Waals surface area (Å²) in [6.07, 6.45) is 3.36. The molecule has 0 aromatic carbocycles. The molecule has 3 nitrogen and oxygen atoms in total. The van der Waals surface area contributed by atoms with Gasteiger partial charge in [-0.3, -0.25) is 4.79 Å². The van der Waals surface area contributed by atoms with Crippen LogP contribution < -0.4 is 0 Å². The molecule has 0 aliphatic rings. The van der Waals surface area contributed by atoms with E-state index in [0.29, 0.717) is 10.7 Å². The van der Waals surface area contributed by atoms with Gasteiger partial charge in [-0.25, -0.2) is 0 Å². The van der Waals surface area contributed by atoms with Crippen molar-refractivity contribution in [3.63, 3.8) is 0 Å². The Bertz CT molecular complexity index is 471. The lowest BCUT2D eigenvalue weighted by Crippen LogP contribution is -1.86. The first-order chi connectivity index (χ1) is 7.27. The van der Waals surface area contributed by atoms with Gasteiger partial charge in [-0.2, -0.15) is 0 Å². The Morgan fingerprint density at radius 3 is 2.80 bits per heavy atom. The van der Waals surface area contributed by atoms with Crippen LogP contribution in [-0.4, -0.2) is 16.3 Å². The minimum Gasteiger partial charge on any atom is -0.360 e. The quantitative estimate of drug-likeness (QED) is 0.771. The summed E-state index contributed by atoms with van der Waals surface area (Å²) in [4.78, 5) is 16.9. The monoisotopic (exact) mass is 222 g/mol. The van der Waals surface area contributed by atoms with Gasteiger partial charge in [0.2, 0.25) is 0 Å². The van der Waals surface area contributed by atoms with Gasteiger partial charge in [0.05, 0.1) is 22.1 Å². The standard InChI is InChI=1S/C11H11ClN2O/c1-2-7-9(6-15)14-11(10(7)12)8-4-3-5-13-8/h3-6,13-14H,2H2,1H3. The number of hydrogen-bond acceptors (Lipinski definition) is 1. The van der Waals surface area contributed by atoms with E-state index < -0.39 is 0 Å². The van der Waals surface area contributed by atoms with Gasteiger partial charge in [-0.1, -0.05) is 18.5 Å². The summed E-state index contributed by atoms with van der Waals surface area (Å²) in [5.41, 5.74) is 3.10. The fourth-order valence-electron chi connectivity index (χ4n) is 1.65. The number of carbonyl (C=O) groups is 1. The third-order valence-corrected chi connectivity index (χ3v) is 2.83. The van der Waals surface area contributed by atoms with Crippen LogP contribution in [0.3, 0.4) is 0 Å². The molecule has 2 heterocycles. The van der Waals surface area contributed by atoms with Crippen molar-refractivity contribution >= 4 is 17.9 Å². The van der Waals surface area contributed by atoms with Crippen LogP contribution in [0.4, 0.5) is 0 Å². The number of hydrogen-bond donors (Lipinski definition) is 2. The highest BCUT2D eigenvalue weighted by atomic mass is 35.5. The number of halogens is 1. The van der Waals surface area contributed by atoms with Crippen LogP contribution in [0.1, 0.15) is 23.0 Å². The maximum Gasteiger partial charge on any atom is 0.166 e. The molecule has 0 bridgehead atoms. The van der Waals surface area contributed by atoms with E-state index in [9.17, 15) is 4.79 Å². The van der Waals surface area contributed by atoms with Gasteiger partial charge in [-0.05, 0) is 24.1 Å². The molecule has 0 aliphatic carbocycles. The van der Waals surface area contributed by atoms with Gasteiger partial charge < -0.3 is 9.97 Å². The highest BCUT2D eigenvalue weighted by Crippen LogP contribution is 2.31. The minimum atomic E-state index is 0.562. The van der Waals surface area contributed by atoms with Gasteiger partial charge >= 0.3 is 0 Å². The van der Waals surface area contributed by atoms with E-state index in [1.807, 2.05) is 25.3 Å². The van der Waals surface area contributed by atoms with Crippen LogP contribution in [0.15, 0.2) is 18.3 Å². The lowest BCUT2D eigenvalue weighted by atomic mass is 10.2. The fraction of sp³-hybridized carbons (Fsp3) is 0.182. The Morgan fingerprint density at radius 1 is 1.53 bits per heavy atom. The van der Waals surface area contributed by atoms with Crippen LogP contribution in [0.2, 0.25) is 5.02 Å². The molecular formula is C11H11ClN2O. The summed E-state index contributed by atoms with van der Waals surface area (Å²) in [6.45, 7) is 1.97. The van der Waals surface area contributed by atoms with E-state index >= 15 is 0 Å². The second-order valence-corrected chi connectivity index (χ2v) is 3.64. The molecule has 0 amide bonds. The number of nitrogens with one attached hydrogen (secondary N) is 2. The highest BCUT2D eigenvalue weighted by Gasteiger charge is 2.15. The molecule has 2 aromatic rings. The van der Waals surface area contributed by atoms with Crippen molar-refractivity contribution in [3.8, 4) is 11.4 Å². The highest BCUT2D eigenvalue weighted by molar-refractivity contribution is 6.34. The van der Waals surface area contributed by atoms with Crippen LogP contribution in [0.5, 0.6) is 0 Å². The molecule has 2 N–H and O–H groups in total. The zero-order valence-electron chi connectivity index (χ0n) is 8.30. The molecule has 0 atom stereocenters. The zero-order valence-corrected chi connectivity index (χ0v) is 9.06. The lowest BCUT2D eigenvalue weighted by Gasteiger charge is -1.95. The summed E-state index contributed by atoms with van der Waals surface area (Å²) in [7, 11) is 0. The van der Waals surface area contributed by atoms with Crippen LogP contribution >= 0.6 is 11.6 Å². The normalized spacial score (nSPS) is 10.5. The molecule has 0 saturated heterocycles. The number of carbonyl (C=O) groups excluding carboxylic acids is 1. The topological polar surface area (TPSA) is 48.6 Å². The Balaban J connectivity index is 2.59. The van der Waals surface area contributed by atoms with Crippen molar-refractivity contribution in [3.05, 3.63) is 34.6 Å². The van der Waals surface area contributed by atoms with Crippen LogP contribution in [0.25, 0.3) is 11.4 Å². The number of aromatic nitrogens is 2. The SMILES string of the molecule is CCc1c(C=O)[nH]c(-c2ccc[nH]2)c1Cl. The van der Waals surface area contributed by atoms with Crippen molar-refractivity contribution < 1.29 is 4.79 Å². The predicted molar refractivity (Wildman–Crippen MR) is 60.4 cm³/mol. The first-order valence-corrected chi connectivity index (χ1v) is 5.15. The first-order valence-electron chi connectivity index (χ1n) is 4.77. The summed E-state index contributed by atoms with van der Waals surface area (Å²) in [5, 5.41) is 0.627. The average Bonchev–Trinajstić information content (AvgIpc) is 2.84. The molecule has 0 spiro atoms. The van der Waals surface area contributed by atoms with Crippen LogP contribution in [-0.2, 0) is 6.42 Å². The Labute approximate surface area is 92.5 Å². The van der Waals surface area contributed by atoms with Crippen LogP contribution in [0, 0.1) is 0 Å². The smallest absolute Gasteiger partial charge is 0.166 e. The number of aldehydes is 1. The lowest BCUT2D eigenvalue weighted by molar-refractivity contribution is 0.111. The third-order valence-electron chi connectivity index (χ3n) is 2.41. The number of aromatic amines is 2. The number of rotatable bonds is 3. The van der Waals surface area contributed by atoms with Crippen molar-refractivity contribution in [1.82, 2.24) is 9.97 Å². The Hall–Kier alpha value is -1.48. The first kappa shape index (κ1) is 10.1. The van der Waals surface area contributed by atoms with Crippen molar-refractivity contribution in [2.45, 2.75) is 13.3 Å². The summed E-state index contributed by atoms with van der Waals surface area (Å²) >= 11 is 6.19. The van der Waals surface area contributed by atoms with Crippen molar-refractivity contribution in [2.24, 2.45) is 0 Å². The second-order valence-electron chi connectivity index (χ2n) is 3.26. The van der Waals surface area contributed by atoms with Gasteiger partial charge in [-0.15, -0.1) is 0 Å². The van der Waals surface area contributed by atoms with Crippen molar-refractivity contribution in [1.29, 1.82) is 0 Å². The Morgan fingerprint density at radius 2 is 2.33 bits per heavy atom. The molecule has 2 aromatic heterocycles. The maximum atomic E-state index is 10.8. The van der Waals surface area contributed by atoms with E-state index in [1.165, 1.54) is 0 Å². The summed E-state index contributed by atoms with van der Waals surface area (Å²) in [6, 6.07) is 3.80. The van der Waals surface area contributed by atoms with E-state index in [4.69, 9.17) is 11.6 Å². The van der Waals surface area contributed by atoms with Gasteiger partial charge in [0.1, 0.15) is 0 Å². The molecule has 2 rings (SSSR count). The largest absolute Gasteiger partial charge is 0.360 e. The third kappa shape index (κ3) is 1.59. The molecule has 4 heteroatoms. The van der Waals surface area contributed by atoms with Crippen molar-refractivity contribution in [2.75, 3.05) is 0 Å². The molecular weight excluding hydrogens is 212 g/mol. The van der Waals surface area contributed by atoms with E-state index in [0.717, 1.165) is 29.7 Å². The summed E-state index contributed by atoms with van der Waals surface area (Å²) < 4.78 is 0. The molecule has 0 aliphatic heterocycles. The van der Waals surface area contributed by atoms with E-state index in [1.54, 1.807) is 0 Å². The molecule has 0 radical (unpaired) electrons. The molecule has 0 saturated carbocycles. The number of H-pyrrole nitrogens is 2.